The molecule has 8 nitrogen and oxygen atoms in total. The van der Waals surface area contributed by atoms with Crippen LogP contribution in [0.4, 0.5) is 14.5 Å². The van der Waals surface area contributed by atoms with Crippen molar-refractivity contribution in [2.45, 2.75) is 25.4 Å². The van der Waals surface area contributed by atoms with Crippen LogP contribution in [0, 0.1) is 0 Å². The van der Waals surface area contributed by atoms with Crippen LogP contribution >= 0.6 is 0 Å². The number of hydrogen-bond acceptors (Lipinski definition) is 6. The number of nitrogens with one attached hydrogen (secondary N) is 1. The summed E-state index contributed by atoms with van der Waals surface area (Å²) >= 11 is 0. The van der Waals surface area contributed by atoms with Crippen molar-refractivity contribution in [3.05, 3.63) is 60.2 Å². The zero-order valence-electron chi connectivity index (χ0n) is 18.0. The molecule has 0 saturated carbocycles. The van der Waals surface area contributed by atoms with E-state index in [9.17, 15) is 26.8 Å². The number of benzene rings is 2. The first-order valence-electron chi connectivity index (χ1n) is 9.95. The Hall–Kier alpha value is -3.31. The molecule has 0 saturated heterocycles. The molecule has 0 radical (unpaired) electrons. The number of rotatable bonds is 11. The molecule has 178 valence electrons. The van der Waals surface area contributed by atoms with E-state index in [1.54, 1.807) is 26.0 Å². The third kappa shape index (κ3) is 7.95. The van der Waals surface area contributed by atoms with Gasteiger partial charge in [0, 0.05) is 24.9 Å². The van der Waals surface area contributed by atoms with Gasteiger partial charge in [-0.15, -0.1) is 0 Å². The van der Waals surface area contributed by atoms with Gasteiger partial charge in [-0.1, -0.05) is 26.0 Å². The number of carbonyl (C=O) groups excluding carboxylic acids is 2. The molecule has 2 rings (SSSR count). The fourth-order valence-corrected chi connectivity index (χ4v) is 4.19. The molecule has 0 aromatic heterocycles. The maximum absolute atomic E-state index is 12.5. The number of carbonyl (C=O) groups is 2. The van der Waals surface area contributed by atoms with Crippen LogP contribution in [0.15, 0.2) is 59.5 Å². The predicted octanol–water partition coefficient (Wildman–Crippen LogP) is 3.51. The quantitative estimate of drug-likeness (QED) is 0.389. The molecular weight excluding hydrogens is 458 g/mol. The zero-order chi connectivity index (χ0) is 24.4. The lowest BCUT2D eigenvalue weighted by atomic mass is 10.2. The Morgan fingerprint density at radius 1 is 1.03 bits per heavy atom. The molecule has 0 heterocycles. The van der Waals surface area contributed by atoms with Crippen molar-refractivity contribution in [2.75, 3.05) is 25.0 Å². The number of halogens is 2. The molecule has 0 bridgehead atoms. The first-order valence-corrected chi connectivity index (χ1v) is 11.4. The summed E-state index contributed by atoms with van der Waals surface area (Å²) in [4.78, 5) is 23.8. The fourth-order valence-electron chi connectivity index (χ4n) is 2.73. The molecule has 0 aliphatic heterocycles. The number of nitrogens with zero attached hydrogens (tertiary/aromatic N) is 1. The van der Waals surface area contributed by atoms with E-state index in [1.807, 2.05) is 0 Å². The van der Waals surface area contributed by atoms with E-state index in [1.165, 1.54) is 46.8 Å². The van der Waals surface area contributed by atoms with Crippen molar-refractivity contribution >= 4 is 33.7 Å². The Kier molecular flexibility index (Phi) is 9.49. The van der Waals surface area contributed by atoms with Crippen molar-refractivity contribution in [1.82, 2.24) is 4.31 Å². The molecule has 0 aliphatic rings. The van der Waals surface area contributed by atoms with Crippen molar-refractivity contribution in [3.63, 3.8) is 0 Å². The van der Waals surface area contributed by atoms with E-state index in [0.29, 0.717) is 24.3 Å². The number of alkyl halides is 2. The molecular formula is C22H24F2N2O6S. The van der Waals surface area contributed by atoms with E-state index in [0.717, 1.165) is 6.08 Å². The first-order chi connectivity index (χ1) is 15.6. The van der Waals surface area contributed by atoms with E-state index >= 15 is 0 Å². The summed E-state index contributed by atoms with van der Waals surface area (Å²) < 4.78 is 59.6. The molecule has 1 N–H and O–H groups in total. The van der Waals surface area contributed by atoms with Crippen LogP contribution in [0.3, 0.4) is 0 Å². The minimum absolute atomic E-state index is 0.0572. The minimum Gasteiger partial charge on any atom is -0.452 e. The van der Waals surface area contributed by atoms with Crippen LogP contribution in [-0.2, 0) is 24.3 Å². The van der Waals surface area contributed by atoms with Crippen LogP contribution in [0.25, 0.3) is 6.08 Å². The largest absolute Gasteiger partial charge is 0.452 e. The second-order valence-corrected chi connectivity index (χ2v) is 8.49. The number of ether oxygens (including phenoxy) is 2. The number of esters is 1. The lowest BCUT2D eigenvalue weighted by Gasteiger charge is -2.18. The van der Waals surface area contributed by atoms with Gasteiger partial charge in [0.25, 0.3) is 5.91 Å². The normalized spacial score (nSPS) is 11.7. The summed E-state index contributed by atoms with van der Waals surface area (Å²) in [7, 11) is -3.57. The summed E-state index contributed by atoms with van der Waals surface area (Å²) in [5.74, 6) is -1.45. The molecule has 0 fully saturated rings. The third-order valence-corrected chi connectivity index (χ3v) is 6.41. The highest BCUT2D eigenvalue weighted by atomic mass is 32.2. The van der Waals surface area contributed by atoms with Crippen molar-refractivity contribution in [2.24, 2.45) is 0 Å². The Bertz CT molecular complexity index is 1070. The summed E-state index contributed by atoms with van der Waals surface area (Å²) in [6.07, 6.45) is 2.54. The van der Waals surface area contributed by atoms with Gasteiger partial charge in [0.1, 0.15) is 5.75 Å². The maximum Gasteiger partial charge on any atom is 0.387 e. The van der Waals surface area contributed by atoms with Crippen LogP contribution in [0.1, 0.15) is 19.4 Å². The van der Waals surface area contributed by atoms with Crippen molar-refractivity contribution in [3.8, 4) is 5.75 Å². The van der Waals surface area contributed by atoms with Crippen LogP contribution in [0.5, 0.6) is 5.75 Å². The average molecular weight is 483 g/mol. The fraction of sp³-hybridized carbons (Fsp3) is 0.273. The molecule has 0 unspecified atom stereocenters. The van der Waals surface area contributed by atoms with Gasteiger partial charge in [0.2, 0.25) is 10.0 Å². The van der Waals surface area contributed by atoms with E-state index in [2.05, 4.69) is 10.1 Å². The van der Waals surface area contributed by atoms with Gasteiger partial charge >= 0.3 is 12.6 Å². The third-order valence-electron chi connectivity index (χ3n) is 4.34. The average Bonchev–Trinajstić information content (AvgIpc) is 2.78. The van der Waals surface area contributed by atoms with Crippen LogP contribution in [0.2, 0.25) is 0 Å². The predicted molar refractivity (Wildman–Crippen MR) is 118 cm³/mol. The SMILES string of the molecule is CCN(CC)S(=O)(=O)c1ccc(C=CC(=O)OCC(=O)Nc2ccc(OC(F)F)cc2)cc1. The van der Waals surface area contributed by atoms with Gasteiger partial charge in [0.15, 0.2) is 6.61 Å². The van der Waals surface area contributed by atoms with Gasteiger partial charge in [-0.05, 0) is 48.0 Å². The molecule has 0 aliphatic carbocycles. The molecule has 2 aromatic carbocycles. The van der Waals surface area contributed by atoms with Gasteiger partial charge in [-0.25, -0.2) is 13.2 Å². The Labute approximate surface area is 190 Å². The number of sulfonamides is 1. The molecule has 1 amide bonds. The monoisotopic (exact) mass is 482 g/mol. The van der Waals surface area contributed by atoms with Crippen LogP contribution in [-0.4, -0.2) is 50.9 Å². The zero-order valence-corrected chi connectivity index (χ0v) is 18.8. The van der Waals surface area contributed by atoms with Gasteiger partial charge in [-0.2, -0.15) is 13.1 Å². The second kappa shape index (κ2) is 12.1. The molecule has 0 spiro atoms. The van der Waals surface area contributed by atoms with Gasteiger partial charge in [0.05, 0.1) is 4.90 Å². The lowest BCUT2D eigenvalue weighted by molar-refractivity contribution is -0.142. The molecule has 11 heteroatoms. The summed E-state index contributed by atoms with van der Waals surface area (Å²) in [5, 5.41) is 2.45. The Balaban J connectivity index is 1.85. The summed E-state index contributed by atoms with van der Waals surface area (Å²) in [6.45, 7) is 0.726. The Morgan fingerprint density at radius 2 is 1.64 bits per heavy atom. The molecule has 2 aromatic rings. The van der Waals surface area contributed by atoms with Gasteiger partial charge in [-0.3, -0.25) is 4.79 Å². The van der Waals surface area contributed by atoms with Gasteiger partial charge < -0.3 is 14.8 Å². The van der Waals surface area contributed by atoms with E-state index < -0.39 is 35.1 Å². The Morgan fingerprint density at radius 3 is 2.18 bits per heavy atom. The molecule has 33 heavy (non-hydrogen) atoms. The van der Waals surface area contributed by atoms with E-state index in [-0.39, 0.29) is 10.6 Å². The smallest absolute Gasteiger partial charge is 0.387 e. The summed E-state index contributed by atoms with van der Waals surface area (Å²) in [6, 6.07) is 11.2. The topological polar surface area (TPSA) is 102 Å². The van der Waals surface area contributed by atoms with Crippen LogP contribution < -0.4 is 10.1 Å². The summed E-state index contributed by atoms with van der Waals surface area (Å²) in [5.41, 5.74) is 0.883. The number of hydrogen-bond donors (Lipinski definition) is 1. The number of amides is 1. The lowest BCUT2D eigenvalue weighted by Crippen LogP contribution is -2.30. The standard InChI is InChI=1S/C22H24F2N2O6S/c1-3-26(4-2)33(29,30)19-12-5-16(6-13-19)7-14-21(28)31-15-20(27)25-17-8-10-18(11-9-17)32-22(23)24/h5-14,22H,3-4,15H2,1-2H3,(H,25,27). The second-order valence-electron chi connectivity index (χ2n) is 6.55. The maximum atomic E-state index is 12.5. The minimum atomic E-state index is -3.57. The number of anilines is 1. The highest BCUT2D eigenvalue weighted by Crippen LogP contribution is 2.18. The van der Waals surface area contributed by atoms with Crippen molar-refractivity contribution in [1.29, 1.82) is 0 Å². The van der Waals surface area contributed by atoms with E-state index in [4.69, 9.17) is 4.74 Å². The highest BCUT2D eigenvalue weighted by molar-refractivity contribution is 7.89. The molecule has 0 atom stereocenters. The first kappa shape index (κ1) is 25.9. The van der Waals surface area contributed by atoms with Crippen molar-refractivity contribution < 1.29 is 36.3 Å². The highest BCUT2D eigenvalue weighted by Gasteiger charge is 2.20.